The number of anilines is 1. The molecule has 11 heteroatoms. The highest BCUT2D eigenvalue weighted by molar-refractivity contribution is 6.33. The molecule has 0 unspecified atom stereocenters. The summed E-state index contributed by atoms with van der Waals surface area (Å²) in [6, 6.07) is 2.67. The molecule has 1 amide bonds. The molecule has 0 fully saturated rings. The Morgan fingerprint density at radius 1 is 1.30 bits per heavy atom. The first-order valence-electron chi connectivity index (χ1n) is 7.51. The van der Waals surface area contributed by atoms with Crippen molar-refractivity contribution in [3.05, 3.63) is 65.0 Å². The molecule has 2 aromatic heterocycles. The van der Waals surface area contributed by atoms with Crippen LogP contribution in [0.4, 0.5) is 18.9 Å². The van der Waals surface area contributed by atoms with Gasteiger partial charge in [0, 0.05) is 42.6 Å². The average molecular weight is 397 g/mol. The molecule has 0 atom stereocenters. The molecular formula is C16H12ClF3N6O. The molecule has 0 saturated carbocycles. The molecule has 140 valence electrons. The Morgan fingerprint density at radius 3 is 2.67 bits per heavy atom. The molecule has 3 rings (SSSR count). The molecule has 3 N–H and O–H groups in total. The van der Waals surface area contributed by atoms with Crippen molar-refractivity contribution in [3.8, 4) is 5.69 Å². The number of hydrogen-bond donors (Lipinski definition) is 2. The Labute approximate surface area is 156 Å². The summed E-state index contributed by atoms with van der Waals surface area (Å²) in [5, 5.41) is 6.09. The van der Waals surface area contributed by atoms with Crippen molar-refractivity contribution in [2.45, 2.75) is 12.7 Å². The van der Waals surface area contributed by atoms with Crippen LogP contribution in [0.2, 0.25) is 5.02 Å². The van der Waals surface area contributed by atoms with Crippen LogP contribution in [0.25, 0.3) is 5.69 Å². The lowest BCUT2D eigenvalue weighted by atomic mass is 10.0. The molecular weight excluding hydrogens is 385 g/mol. The molecule has 1 aromatic carbocycles. The normalized spacial score (nSPS) is 11.4. The number of benzene rings is 1. The lowest BCUT2D eigenvalue weighted by Gasteiger charge is -2.20. The van der Waals surface area contributed by atoms with Crippen molar-refractivity contribution in [1.82, 2.24) is 25.1 Å². The van der Waals surface area contributed by atoms with Gasteiger partial charge in [0.1, 0.15) is 5.69 Å². The number of nitrogens with one attached hydrogen (secondary N) is 1. The minimum absolute atomic E-state index is 0.0432. The molecule has 2 heterocycles. The highest BCUT2D eigenvalue weighted by Crippen LogP contribution is 2.41. The van der Waals surface area contributed by atoms with E-state index in [2.05, 4.69) is 20.4 Å². The summed E-state index contributed by atoms with van der Waals surface area (Å²) < 4.78 is 41.8. The van der Waals surface area contributed by atoms with Crippen molar-refractivity contribution in [3.63, 3.8) is 0 Å². The number of aromatic nitrogens is 4. The van der Waals surface area contributed by atoms with Crippen molar-refractivity contribution >= 4 is 23.2 Å². The van der Waals surface area contributed by atoms with E-state index in [-0.39, 0.29) is 22.0 Å². The van der Waals surface area contributed by atoms with Crippen LogP contribution < -0.4 is 11.1 Å². The maximum Gasteiger partial charge on any atom is 0.418 e. The van der Waals surface area contributed by atoms with Gasteiger partial charge >= 0.3 is 6.18 Å². The fraction of sp³-hybridized carbons (Fsp3) is 0.125. The molecule has 27 heavy (non-hydrogen) atoms. The number of nitrogens with zero attached hydrogens (tertiary/aromatic N) is 4. The fourth-order valence-electron chi connectivity index (χ4n) is 2.48. The van der Waals surface area contributed by atoms with Gasteiger partial charge in [-0.3, -0.25) is 9.78 Å². The fourth-order valence-corrected chi connectivity index (χ4v) is 2.78. The highest BCUT2D eigenvalue weighted by Gasteiger charge is 2.38. The van der Waals surface area contributed by atoms with E-state index in [1.807, 2.05) is 0 Å². The summed E-state index contributed by atoms with van der Waals surface area (Å²) in [5.74, 6) is -0.699. The molecule has 0 aliphatic carbocycles. The number of hydrogen-bond acceptors (Lipinski definition) is 5. The van der Waals surface area contributed by atoms with E-state index in [0.717, 1.165) is 6.07 Å². The van der Waals surface area contributed by atoms with Gasteiger partial charge in [-0.25, -0.2) is 9.67 Å². The van der Waals surface area contributed by atoms with Crippen LogP contribution in [-0.4, -0.2) is 25.7 Å². The zero-order valence-corrected chi connectivity index (χ0v) is 14.3. The number of rotatable bonds is 4. The van der Waals surface area contributed by atoms with Gasteiger partial charge in [-0.1, -0.05) is 11.6 Å². The molecule has 3 aromatic rings. The van der Waals surface area contributed by atoms with E-state index >= 15 is 0 Å². The number of carbonyl (C=O) groups excluding carboxylic acids is 1. The highest BCUT2D eigenvalue weighted by atomic mass is 35.5. The predicted molar refractivity (Wildman–Crippen MR) is 91.2 cm³/mol. The van der Waals surface area contributed by atoms with Crippen LogP contribution in [0.3, 0.4) is 0 Å². The largest absolute Gasteiger partial charge is 0.418 e. The third kappa shape index (κ3) is 3.85. The van der Waals surface area contributed by atoms with Gasteiger partial charge < -0.3 is 11.1 Å². The summed E-state index contributed by atoms with van der Waals surface area (Å²) in [5.41, 5.74) is 3.76. The van der Waals surface area contributed by atoms with E-state index < -0.39 is 29.9 Å². The maximum absolute atomic E-state index is 13.5. The topological polar surface area (TPSA) is 98.7 Å². The molecule has 0 bridgehead atoms. The summed E-state index contributed by atoms with van der Waals surface area (Å²) in [4.78, 5) is 19.6. The third-order valence-corrected chi connectivity index (χ3v) is 4.05. The van der Waals surface area contributed by atoms with Gasteiger partial charge in [0.2, 0.25) is 0 Å². The zero-order chi connectivity index (χ0) is 19.6. The van der Waals surface area contributed by atoms with Crippen LogP contribution in [0, 0.1) is 0 Å². The minimum atomic E-state index is -4.76. The lowest BCUT2D eigenvalue weighted by molar-refractivity contribution is -0.137. The van der Waals surface area contributed by atoms with Crippen LogP contribution in [0.5, 0.6) is 0 Å². The van der Waals surface area contributed by atoms with Gasteiger partial charge in [0.25, 0.3) is 5.91 Å². The number of carbonyl (C=O) groups is 1. The molecule has 0 aliphatic heterocycles. The average Bonchev–Trinajstić information content (AvgIpc) is 3.15. The Kier molecular flexibility index (Phi) is 5.00. The Bertz CT molecular complexity index is 961. The summed E-state index contributed by atoms with van der Waals surface area (Å²) in [6.45, 7) is -0.512. The van der Waals surface area contributed by atoms with E-state index in [4.69, 9.17) is 17.3 Å². The summed E-state index contributed by atoms with van der Waals surface area (Å²) in [6.07, 6.45) is 2.04. The molecule has 7 nitrogen and oxygen atoms in total. The molecule has 0 saturated heterocycles. The van der Waals surface area contributed by atoms with Crippen molar-refractivity contribution < 1.29 is 18.0 Å². The van der Waals surface area contributed by atoms with Gasteiger partial charge in [-0.05, 0) is 12.1 Å². The van der Waals surface area contributed by atoms with Crippen molar-refractivity contribution in [1.29, 1.82) is 0 Å². The third-order valence-electron chi connectivity index (χ3n) is 3.63. The second-order valence-corrected chi connectivity index (χ2v) is 5.75. The minimum Gasteiger partial charge on any atom is -0.398 e. The Hall–Kier alpha value is -3.14. The predicted octanol–water partition coefficient (Wildman–Crippen LogP) is 2.85. The van der Waals surface area contributed by atoms with E-state index in [1.54, 1.807) is 6.07 Å². The van der Waals surface area contributed by atoms with Crippen LogP contribution in [0.1, 0.15) is 21.6 Å². The molecule has 0 radical (unpaired) electrons. The van der Waals surface area contributed by atoms with E-state index in [0.29, 0.717) is 0 Å². The van der Waals surface area contributed by atoms with Crippen LogP contribution in [-0.2, 0) is 12.7 Å². The standard InChI is InChI=1S/C16H12ClF3N6O/c17-14-9(7-24-15(27)11-8-22-3-4-23-11)13(16(18,19)20)10(21)6-12(14)26-5-1-2-25-26/h1-6,8H,7,21H2,(H,24,27). The van der Waals surface area contributed by atoms with Gasteiger partial charge in [0.15, 0.2) is 0 Å². The molecule has 0 spiro atoms. The van der Waals surface area contributed by atoms with Crippen molar-refractivity contribution in [2.24, 2.45) is 0 Å². The quantitative estimate of drug-likeness (QED) is 0.661. The number of nitrogens with two attached hydrogens (primary N) is 1. The van der Waals surface area contributed by atoms with Crippen LogP contribution in [0.15, 0.2) is 43.1 Å². The first-order chi connectivity index (χ1) is 12.8. The number of halogens is 4. The van der Waals surface area contributed by atoms with Gasteiger partial charge in [-0.15, -0.1) is 0 Å². The smallest absolute Gasteiger partial charge is 0.398 e. The van der Waals surface area contributed by atoms with Crippen molar-refractivity contribution in [2.75, 3.05) is 5.73 Å². The second-order valence-electron chi connectivity index (χ2n) is 5.37. The SMILES string of the molecule is Nc1cc(-n2cccn2)c(Cl)c(CNC(=O)c2cnccn2)c1C(F)(F)F. The van der Waals surface area contributed by atoms with Crippen LogP contribution >= 0.6 is 11.6 Å². The van der Waals surface area contributed by atoms with Gasteiger partial charge in [-0.2, -0.15) is 18.3 Å². The van der Waals surface area contributed by atoms with E-state index in [9.17, 15) is 18.0 Å². The number of nitrogen functional groups attached to an aromatic ring is 1. The number of alkyl halides is 3. The summed E-state index contributed by atoms with van der Waals surface area (Å²) in [7, 11) is 0. The second kappa shape index (κ2) is 7.23. The summed E-state index contributed by atoms with van der Waals surface area (Å²) >= 11 is 6.22. The Balaban J connectivity index is 2.02. The first kappa shape index (κ1) is 18.6. The Morgan fingerprint density at radius 2 is 2.07 bits per heavy atom. The van der Waals surface area contributed by atoms with E-state index in [1.165, 1.54) is 35.7 Å². The zero-order valence-electron chi connectivity index (χ0n) is 13.5. The first-order valence-corrected chi connectivity index (χ1v) is 7.89. The number of amides is 1. The lowest BCUT2D eigenvalue weighted by Crippen LogP contribution is -2.26. The molecule has 0 aliphatic rings. The monoisotopic (exact) mass is 396 g/mol. The maximum atomic E-state index is 13.5. The van der Waals surface area contributed by atoms with Gasteiger partial charge in [0.05, 0.1) is 22.5 Å².